The van der Waals surface area contributed by atoms with Crippen molar-refractivity contribution in [2.75, 3.05) is 16.8 Å². The summed E-state index contributed by atoms with van der Waals surface area (Å²) in [5.74, 6) is 0.164. The highest BCUT2D eigenvalue weighted by Crippen LogP contribution is 2.34. The smallest absolute Gasteiger partial charge is 0.227 e. The van der Waals surface area contributed by atoms with Crippen LogP contribution in [0.4, 0.5) is 16.4 Å². The molecule has 1 aliphatic rings. The minimum atomic E-state index is 0.164. The van der Waals surface area contributed by atoms with E-state index >= 15 is 0 Å². The van der Waals surface area contributed by atoms with Crippen LogP contribution < -0.4 is 10.2 Å². The van der Waals surface area contributed by atoms with Gasteiger partial charge in [0.25, 0.3) is 0 Å². The molecule has 1 amide bonds. The van der Waals surface area contributed by atoms with Crippen LogP contribution in [0.3, 0.4) is 0 Å². The fourth-order valence-corrected chi connectivity index (χ4v) is 3.52. The highest BCUT2D eigenvalue weighted by atomic mass is 35.5. The second-order valence-electron chi connectivity index (χ2n) is 4.90. The van der Waals surface area contributed by atoms with Crippen LogP contribution >= 0.6 is 23.1 Å². The first-order valence-corrected chi connectivity index (χ1v) is 8.04. The Morgan fingerprint density at radius 2 is 2.32 bits per heavy atom. The fraction of sp³-hybridized carbons (Fsp3) is 0.267. The van der Waals surface area contributed by atoms with Crippen LogP contribution in [0, 0.1) is 11.3 Å². The summed E-state index contributed by atoms with van der Waals surface area (Å²) in [5.41, 5.74) is 3.31. The average Bonchev–Trinajstić information content (AvgIpc) is 2.87. The summed E-state index contributed by atoms with van der Waals surface area (Å²) in [6, 6.07) is 7.90. The monoisotopic (exact) mass is 332 g/mol. The molecule has 1 N–H and O–H groups in total. The number of aryl methyl sites for hydroxylation is 1. The first-order valence-electron chi connectivity index (χ1n) is 6.89. The highest BCUT2D eigenvalue weighted by Gasteiger charge is 2.23. The van der Waals surface area contributed by atoms with Crippen molar-refractivity contribution in [3.05, 3.63) is 34.5 Å². The van der Waals surface area contributed by atoms with E-state index in [4.69, 9.17) is 16.9 Å². The van der Waals surface area contributed by atoms with Crippen molar-refractivity contribution >= 4 is 45.4 Å². The molecule has 0 atom stereocenters. The maximum atomic E-state index is 11.9. The summed E-state index contributed by atoms with van der Waals surface area (Å²) in [5, 5.41) is 13.1. The molecular weight excluding hydrogens is 320 g/mol. The third-order valence-corrected chi connectivity index (χ3v) is 4.75. The highest BCUT2D eigenvalue weighted by molar-refractivity contribution is 7.11. The van der Waals surface area contributed by atoms with Crippen molar-refractivity contribution in [2.45, 2.75) is 19.8 Å². The predicted molar refractivity (Wildman–Crippen MR) is 87.9 cm³/mol. The lowest BCUT2D eigenvalue weighted by atomic mass is 10.0. The van der Waals surface area contributed by atoms with Gasteiger partial charge in [-0.25, -0.2) is 0 Å². The Morgan fingerprint density at radius 3 is 3.05 bits per heavy atom. The maximum Gasteiger partial charge on any atom is 0.227 e. The Labute approximate surface area is 137 Å². The molecule has 2 heterocycles. The lowest BCUT2D eigenvalue weighted by Gasteiger charge is -2.28. The minimum Gasteiger partial charge on any atom is -0.345 e. The van der Waals surface area contributed by atoms with Crippen LogP contribution in [-0.4, -0.2) is 16.8 Å². The van der Waals surface area contributed by atoms with E-state index in [0.29, 0.717) is 23.5 Å². The Bertz CT molecular complexity index is 780. The molecule has 0 aliphatic carbocycles. The van der Waals surface area contributed by atoms with E-state index < -0.39 is 0 Å². The molecule has 0 radical (unpaired) electrons. The van der Waals surface area contributed by atoms with Gasteiger partial charge in [-0.15, -0.1) is 0 Å². The van der Waals surface area contributed by atoms with E-state index in [1.54, 1.807) is 4.90 Å². The first-order chi connectivity index (χ1) is 10.6. The van der Waals surface area contributed by atoms with E-state index in [1.165, 1.54) is 0 Å². The van der Waals surface area contributed by atoms with E-state index in [2.05, 4.69) is 9.69 Å². The van der Waals surface area contributed by atoms with Crippen LogP contribution in [0.2, 0.25) is 5.15 Å². The molecule has 0 saturated heterocycles. The number of fused-ring (bicyclic) bond motifs is 1. The minimum absolute atomic E-state index is 0.164. The number of aromatic nitrogens is 1. The van der Waals surface area contributed by atoms with Crippen LogP contribution in [0.25, 0.3) is 0 Å². The zero-order valence-electron chi connectivity index (χ0n) is 11.9. The molecule has 0 unspecified atom stereocenters. The lowest BCUT2D eigenvalue weighted by Crippen LogP contribution is -2.34. The van der Waals surface area contributed by atoms with Gasteiger partial charge in [0.2, 0.25) is 5.91 Å². The Kier molecular flexibility index (Phi) is 4.01. The number of anilines is 3. The topological polar surface area (TPSA) is 69.0 Å². The summed E-state index contributed by atoms with van der Waals surface area (Å²) in [4.78, 5) is 13.7. The van der Waals surface area contributed by atoms with E-state index in [-0.39, 0.29) is 11.1 Å². The molecule has 0 spiro atoms. The molecule has 1 aromatic carbocycles. The number of nitrogens with zero attached hydrogens (tertiary/aromatic N) is 3. The van der Waals surface area contributed by atoms with Gasteiger partial charge in [0.15, 0.2) is 5.15 Å². The number of hydrogen-bond acceptors (Lipinski definition) is 5. The van der Waals surface area contributed by atoms with Crippen LogP contribution in [0.5, 0.6) is 0 Å². The van der Waals surface area contributed by atoms with Crippen molar-refractivity contribution in [1.82, 2.24) is 4.37 Å². The zero-order chi connectivity index (χ0) is 15.7. The molecule has 3 rings (SSSR count). The lowest BCUT2D eigenvalue weighted by molar-refractivity contribution is -0.118. The predicted octanol–water partition coefficient (Wildman–Crippen LogP) is 3.71. The zero-order valence-corrected chi connectivity index (χ0v) is 13.5. The normalized spacial score (nSPS) is 13.7. The third-order valence-electron chi connectivity index (χ3n) is 3.62. The van der Waals surface area contributed by atoms with Crippen molar-refractivity contribution < 1.29 is 4.79 Å². The molecule has 1 aliphatic heterocycles. The van der Waals surface area contributed by atoms with Crippen LogP contribution in [0.1, 0.15) is 24.5 Å². The van der Waals surface area contributed by atoms with Crippen LogP contribution in [0.15, 0.2) is 18.2 Å². The quantitative estimate of drug-likeness (QED) is 0.930. The van der Waals surface area contributed by atoms with Crippen molar-refractivity contribution in [1.29, 1.82) is 5.26 Å². The van der Waals surface area contributed by atoms with E-state index in [9.17, 15) is 4.79 Å². The maximum absolute atomic E-state index is 11.9. The molecule has 0 bridgehead atoms. The van der Waals surface area contributed by atoms with Gasteiger partial charge in [-0.2, -0.15) is 9.64 Å². The molecule has 22 heavy (non-hydrogen) atoms. The number of benzene rings is 1. The Hall–Kier alpha value is -2.10. The second-order valence-corrected chi connectivity index (χ2v) is 6.03. The molecule has 0 fully saturated rings. The van der Waals surface area contributed by atoms with Crippen LogP contribution in [-0.2, 0) is 11.2 Å². The summed E-state index contributed by atoms with van der Waals surface area (Å²) in [6.45, 7) is 2.64. The number of carbonyl (C=O) groups is 1. The van der Waals surface area contributed by atoms with Gasteiger partial charge in [-0.05, 0) is 48.6 Å². The number of nitriles is 1. The SMILES string of the molecule is CCN1C(=O)CCc2cc(Nc3snc(Cl)c3C#N)ccc21. The van der Waals surface area contributed by atoms with Crippen molar-refractivity contribution in [3.63, 3.8) is 0 Å². The number of halogens is 1. The fourth-order valence-electron chi connectivity index (χ4n) is 2.57. The van der Waals surface area contributed by atoms with Gasteiger partial charge in [0.05, 0.1) is 0 Å². The number of hydrogen-bond donors (Lipinski definition) is 1. The van der Waals surface area contributed by atoms with E-state index in [1.807, 2.05) is 31.2 Å². The second kappa shape index (κ2) is 5.95. The summed E-state index contributed by atoms with van der Waals surface area (Å²) in [7, 11) is 0. The van der Waals surface area contributed by atoms with Gasteiger partial charge >= 0.3 is 0 Å². The van der Waals surface area contributed by atoms with Gasteiger partial charge in [0.1, 0.15) is 16.6 Å². The number of rotatable bonds is 3. The van der Waals surface area contributed by atoms with Gasteiger partial charge in [-0.3, -0.25) is 4.79 Å². The molecular formula is C15H13ClN4OS. The summed E-state index contributed by atoms with van der Waals surface area (Å²) in [6.07, 6.45) is 1.26. The molecule has 1 aromatic heterocycles. The molecule has 0 saturated carbocycles. The van der Waals surface area contributed by atoms with Crippen molar-refractivity contribution in [2.24, 2.45) is 0 Å². The molecule has 7 heteroatoms. The summed E-state index contributed by atoms with van der Waals surface area (Å²) < 4.78 is 3.98. The number of carbonyl (C=O) groups excluding carboxylic acids is 1. The average molecular weight is 333 g/mol. The molecule has 112 valence electrons. The summed E-state index contributed by atoms with van der Waals surface area (Å²) >= 11 is 7.03. The standard InChI is InChI=1S/C15H13ClN4OS/c1-2-20-12-5-4-10(7-9(12)3-6-13(20)21)18-15-11(8-17)14(16)19-22-15/h4-5,7,18H,2-3,6H2,1H3. The molecule has 5 nitrogen and oxygen atoms in total. The van der Waals surface area contributed by atoms with Gasteiger partial charge in [-0.1, -0.05) is 11.6 Å². The first kappa shape index (κ1) is 14.8. The largest absolute Gasteiger partial charge is 0.345 e. The number of nitrogens with one attached hydrogen (secondary N) is 1. The Balaban J connectivity index is 1.91. The Morgan fingerprint density at radius 1 is 1.50 bits per heavy atom. The van der Waals surface area contributed by atoms with Gasteiger partial charge < -0.3 is 10.2 Å². The van der Waals surface area contributed by atoms with Crippen molar-refractivity contribution in [3.8, 4) is 6.07 Å². The van der Waals surface area contributed by atoms with Gasteiger partial charge in [0, 0.05) is 24.3 Å². The third kappa shape index (κ3) is 2.54. The molecule has 2 aromatic rings. The van der Waals surface area contributed by atoms with E-state index in [0.717, 1.165) is 34.9 Å². The number of amides is 1.